The van der Waals surface area contributed by atoms with Crippen LogP contribution < -0.4 is 5.32 Å². The lowest BCUT2D eigenvalue weighted by Crippen LogP contribution is -2.28. The summed E-state index contributed by atoms with van der Waals surface area (Å²) in [6.07, 6.45) is 7.39. The van der Waals surface area contributed by atoms with E-state index in [-0.39, 0.29) is 11.8 Å². The standard InChI is InChI=1S/C12H20N2O2S/c1-13-12(7-10-17(2,15)16)4-3-11-5-8-14-9-6-11/h5-6,8-9,12-13H,3-4,7,10H2,1-2H3. The van der Waals surface area contributed by atoms with E-state index in [0.717, 1.165) is 12.8 Å². The van der Waals surface area contributed by atoms with Crippen LogP contribution in [0.15, 0.2) is 24.5 Å². The normalized spacial score (nSPS) is 13.5. The average molecular weight is 256 g/mol. The lowest BCUT2D eigenvalue weighted by molar-refractivity contribution is 0.504. The Kier molecular flexibility index (Phi) is 5.58. The molecule has 0 bridgehead atoms. The Morgan fingerprint density at radius 1 is 1.29 bits per heavy atom. The molecule has 1 heterocycles. The van der Waals surface area contributed by atoms with Crippen molar-refractivity contribution in [2.24, 2.45) is 0 Å². The van der Waals surface area contributed by atoms with E-state index >= 15 is 0 Å². The highest BCUT2D eigenvalue weighted by Gasteiger charge is 2.10. The molecule has 1 atom stereocenters. The minimum absolute atomic E-state index is 0.245. The van der Waals surface area contributed by atoms with Gasteiger partial charge in [0.15, 0.2) is 0 Å². The Balaban J connectivity index is 2.38. The van der Waals surface area contributed by atoms with Gasteiger partial charge in [-0.2, -0.15) is 0 Å². The maximum atomic E-state index is 11.1. The van der Waals surface area contributed by atoms with Gasteiger partial charge < -0.3 is 5.32 Å². The molecule has 17 heavy (non-hydrogen) atoms. The molecule has 1 N–H and O–H groups in total. The number of rotatable bonds is 7. The molecule has 1 aromatic rings. The molecular formula is C12H20N2O2S. The van der Waals surface area contributed by atoms with Crippen molar-refractivity contribution in [2.45, 2.75) is 25.3 Å². The number of nitrogens with one attached hydrogen (secondary N) is 1. The number of hydrogen-bond donors (Lipinski definition) is 1. The number of aromatic nitrogens is 1. The maximum absolute atomic E-state index is 11.1. The van der Waals surface area contributed by atoms with Gasteiger partial charge in [-0.1, -0.05) is 0 Å². The molecule has 0 fully saturated rings. The van der Waals surface area contributed by atoms with E-state index in [1.807, 2.05) is 19.2 Å². The van der Waals surface area contributed by atoms with Crippen LogP contribution in [0.5, 0.6) is 0 Å². The predicted molar refractivity (Wildman–Crippen MR) is 69.7 cm³/mol. The Bertz CT molecular complexity index is 417. The van der Waals surface area contributed by atoms with Crippen LogP contribution in [0.3, 0.4) is 0 Å². The van der Waals surface area contributed by atoms with E-state index in [4.69, 9.17) is 0 Å². The van der Waals surface area contributed by atoms with Crippen LogP contribution in [0, 0.1) is 0 Å². The molecule has 0 saturated carbocycles. The van der Waals surface area contributed by atoms with Crippen molar-refractivity contribution in [3.05, 3.63) is 30.1 Å². The molecule has 0 radical (unpaired) electrons. The third kappa shape index (κ3) is 6.38. The smallest absolute Gasteiger partial charge is 0.147 e. The Labute approximate surface area is 103 Å². The summed E-state index contributed by atoms with van der Waals surface area (Å²) < 4.78 is 22.2. The summed E-state index contributed by atoms with van der Waals surface area (Å²) in [5, 5.41) is 3.16. The third-order valence-electron chi connectivity index (χ3n) is 2.78. The summed E-state index contributed by atoms with van der Waals surface area (Å²) in [5.41, 5.74) is 1.24. The molecule has 96 valence electrons. The molecular weight excluding hydrogens is 236 g/mol. The highest BCUT2D eigenvalue weighted by molar-refractivity contribution is 7.90. The van der Waals surface area contributed by atoms with E-state index < -0.39 is 9.84 Å². The zero-order valence-electron chi connectivity index (χ0n) is 10.4. The van der Waals surface area contributed by atoms with Crippen molar-refractivity contribution < 1.29 is 8.42 Å². The molecule has 0 saturated heterocycles. The van der Waals surface area contributed by atoms with Crippen LogP contribution in [0.4, 0.5) is 0 Å². The molecule has 0 aliphatic heterocycles. The first-order valence-electron chi connectivity index (χ1n) is 5.75. The number of pyridine rings is 1. The Hall–Kier alpha value is -0.940. The zero-order valence-corrected chi connectivity index (χ0v) is 11.2. The van der Waals surface area contributed by atoms with E-state index in [1.54, 1.807) is 12.4 Å². The van der Waals surface area contributed by atoms with Gasteiger partial charge in [-0.25, -0.2) is 8.42 Å². The molecule has 1 unspecified atom stereocenters. The molecule has 0 aliphatic carbocycles. The van der Waals surface area contributed by atoms with Crippen molar-refractivity contribution in [3.63, 3.8) is 0 Å². The van der Waals surface area contributed by atoms with Gasteiger partial charge in [0, 0.05) is 24.7 Å². The predicted octanol–water partition coefficient (Wildman–Crippen LogP) is 1.04. The second-order valence-electron chi connectivity index (χ2n) is 4.30. The van der Waals surface area contributed by atoms with Crippen molar-refractivity contribution in [2.75, 3.05) is 19.1 Å². The summed E-state index contributed by atoms with van der Waals surface area (Å²) >= 11 is 0. The molecule has 1 aromatic heterocycles. The van der Waals surface area contributed by atoms with Crippen LogP contribution in [0.25, 0.3) is 0 Å². The van der Waals surface area contributed by atoms with Gasteiger partial charge in [0.25, 0.3) is 0 Å². The van der Waals surface area contributed by atoms with Crippen molar-refractivity contribution in [1.82, 2.24) is 10.3 Å². The van der Waals surface area contributed by atoms with E-state index in [0.29, 0.717) is 6.42 Å². The monoisotopic (exact) mass is 256 g/mol. The van der Waals surface area contributed by atoms with E-state index in [2.05, 4.69) is 10.3 Å². The molecule has 0 aliphatic rings. The highest BCUT2D eigenvalue weighted by Crippen LogP contribution is 2.07. The van der Waals surface area contributed by atoms with Crippen LogP contribution in [0.1, 0.15) is 18.4 Å². The quantitative estimate of drug-likeness (QED) is 0.792. The number of nitrogens with zero attached hydrogens (tertiary/aromatic N) is 1. The number of aryl methyl sites for hydroxylation is 1. The Morgan fingerprint density at radius 3 is 2.47 bits per heavy atom. The average Bonchev–Trinajstić information content (AvgIpc) is 2.29. The summed E-state index contributed by atoms with van der Waals surface area (Å²) in [6, 6.07) is 4.23. The summed E-state index contributed by atoms with van der Waals surface area (Å²) in [7, 11) is -0.988. The van der Waals surface area contributed by atoms with Gasteiger partial charge in [-0.3, -0.25) is 4.98 Å². The maximum Gasteiger partial charge on any atom is 0.147 e. The van der Waals surface area contributed by atoms with Crippen LogP contribution in [-0.2, 0) is 16.3 Å². The first kappa shape index (κ1) is 14.1. The largest absolute Gasteiger partial charge is 0.317 e. The van der Waals surface area contributed by atoms with Gasteiger partial charge >= 0.3 is 0 Å². The molecule has 4 nitrogen and oxygen atoms in total. The number of sulfone groups is 1. The van der Waals surface area contributed by atoms with Gasteiger partial charge in [-0.15, -0.1) is 0 Å². The Morgan fingerprint density at radius 2 is 1.94 bits per heavy atom. The lowest BCUT2D eigenvalue weighted by atomic mass is 10.0. The minimum atomic E-state index is -2.86. The van der Waals surface area contributed by atoms with E-state index in [9.17, 15) is 8.42 Å². The highest BCUT2D eigenvalue weighted by atomic mass is 32.2. The van der Waals surface area contributed by atoms with Gasteiger partial charge in [0.1, 0.15) is 9.84 Å². The van der Waals surface area contributed by atoms with Gasteiger partial charge in [0.2, 0.25) is 0 Å². The topological polar surface area (TPSA) is 59.1 Å². The molecule has 1 rings (SSSR count). The summed E-state index contributed by atoms with van der Waals surface area (Å²) in [5.74, 6) is 0.245. The third-order valence-corrected chi connectivity index (χ3v) is 3.75. The van der Waals surface area contributed by atoms with Crippen LogP contribution in [-0.4, -0.2) is 38.5 Å². The van der Waals surface area contributed by atoms with Crippen molar-refractivity contribution >= 4 is 9.84 Å². The molecule has 0 spiro atoms. The zero-order chi connectivity index (χ0) is 12.7. The fraction of sp³-hybridized carbons (Fsp3) is 0.583. The molecule has 0 aromatic carbocycles. The minimum Gasteiger partial charge on any atom is -0.317 e. The van der Waals surface area contributed by atoms with Crippen LogP contribution >= 0.6 is 0 Å². The second kappa shape index (κ2) is 6.71. The van der Waals surface area contributed by atoms with Crippen molar-refractivity contribution in [3.8, 4) is 0 Å². The van der Waals surface area contributed by atoms with Gasteiger partial charge in [-0.05, 0) is 44.0 Å². The fourth-order valence-electron chi connectivity index (χ4n) is 1.68. The first-order chi connectivity index (χ1) is 8.01. The van der Waals surface area contributed by atoms with Gasteiger partial charge in [0.05, 0.1) is 5.75 Å². The summed E-state index contributed by atoms with van der Waals surface area (Å²) in [4.78, 5) is 3.97. The number of hydrogen-bond acceptors (Lipinski definition) is 4. The van der Waals surface area contributed by atoms with Crippen LogP contribution in [0.2, 0.25) is 0 Å². The molecule has 5 heteroatoms. The first-order valence-corrected chi connectivity index (χ1v) is 7.81. The van der Waals surface area contributed by atoms with Crippen molar-refractivity contribution in [1.29, 1.82) is 0 Å². The fourth-order valence-corrected chi connectivity index (χ4v) is 2.39. The lowest BCUT2D eigenvalue weighted by Gasteiger charge is -2.15. The SMILES string of the molecule is CNC(CCc1ccncc1)CCS(C)(=O)=O. The molecule has 0 amide bonds. The van der Waals surface area contributed by atoms with E-state index in [1.165, 1.54) is 11.8 Å². The second-order valence-corrected chi connectivity index (χ2v) is 6.56. The summed E-state index contributed by atoms with van der Waals surface area (Å²) in [6.45, 7) is 0.